The van der Waals surface area contributed by atoms with Crippen LogP contribution in [0, 0.1) is 0 Å². The number of allylic oxidation sites excluding steroid dienone is 5. The minimum atomic E-state index is -0.0462. The van der Waals surface area contributed by atoms with Gasteiger partial charge in [0.05, 0.1) is 0 Å². The molecule has 5 aromatic rings. The summed E-state index contributed by atoms with van der Waals surface area (Å²) in [5.74, 6) is 0. The second-order valence-corrected chi connectivity index (χ2v) is 11.5. The Morgan fingerprint density at radius 3 is 1.50 bits per heavy atom. The molecule has 0 radical (unpaired) electrons. The van der Waals surface area contributed by atoms with Crippen LogP contribution in [-0.2, 0) is 5.41 Å². The van der Waals surface area contributed by atoms with Crippen molar-refractivity contribution in [2.45, 2.75) is 25.7 Å². The van der Waals surface area contributed by atoms with Crippen molar-refractivity contribution in [2.75, 3.05) is 9.80 Å². The van der Waals surface area contributed by atoms with Crippen molar-refractivity contribution in [2.24, 2.45) is 0 Å². The molecule has 0 saturated heterocycles. The van der Waals surface area contributed by atoms with Crippen molar-refractivity contribution in [1.29, 1.82) is 0 Å². The molecule has 0 amide bonds. The number of hydrogen-bond donors (Lipinski definition) is 0. The first-order valence-corrected chi connectivity index (χ1v) is 14.7. The maximum absolute atomic E-state index is 2.42. The zero-order chi connectivity index (χ0) is 28.5. The van der Waals surface area contributed by atoms with Gasteiger partial charge in [0.25, 0.3) is 0 Å². The number of benzene rings is 5. The van der Waals surface area contributed by atoms with Gasteiger partial charge in [0.1, 0.15) is 0 Å². The molecule has 0 N–H and O–H groups in total. The molecule has 0 saturated carbocycles. The Hall–Kier alpha value is -5.08. The van der Waals surface area contributed by atoms with E-state index in [2.05, 4.69) is 181 Å². The summed E-state index contributed by atoms with van der Waals surface area (Å²) in [5, 5.41) is 0. The van der Waals surface area contributed by atoms with E-state index < -0.39 is 0 Å². The lowest BCUT2D eigenvalue weighted by Crippen LogP contribution is -2.27. The molecular formula is C40H34N2. The molecule has 2 aliphatic carbocycles. The summed E-state index contributed by atoms with van der Waals surface area (Å²) < 4.78 is 0. The molecule has 0 heterocycles. The predicted octanol–water partition coefficient (Wildman–Crippen LogP) is 10.9. The molecule has 204 valence electrons. The van der Waals surface area contributed by atoms with Gasteiger partial charge in [-0.3, -0.25) is 0 Å². The van der Waals surface area contributed by atoms with Gasteiger partial charge in [0, 0.05) is 39.5 Å². The van der Waals surface area contributed by atoms with E-state index in [0.717, 1.165) is 34.9 Å². The van der Waals surface area contributed by atoms with Crippen molar-refractivity contribution >= 4 is 34.0 Å². The van der Waals surface area contributed by atoms with Crippen molar-refractivity contribution in [3.8, 4) is 0 Å². The van der Waals surface area contributed by atoms with Crippen LogP contribution in [0.5, 0.6) is 0 Å². The van der Waals surface area contributed by atoms with E-state index in [4.69, 9.17) is 0 Å². The largest absolute Gasteiger partial charge is 0.311 e. The first kappa shape index (κ1) is 25.9. The Labute approximate surface area is 249 Å². The summed E-state index contributed by atoms with van der Waals surface area (Å²) in [6.45, 7) is 4.72. The summed E-state index contributed by atoms with van der Waals surface area (Å²) in [7, 11) is 0. The average molecular weight is 543 g/mol. The lowest BCUT2D eigenvalue weighted by Gasteiger charge is -2.37. The molecule has 7 rings (SSSR count). The van der Waals surface area contributed by atoms with Gasteiger partial charge in [-0.05, 0) is 95.9 Å². The van der Waals surface area contributed by atoms with E-state index in [1.807, 2.05) is 0 Å². The maximum atomic E-state index is 2.42. The van der Waals surface area contributed by atoms with E-state index in [1.165, 1.54) is 28.0 Å². The predicted molar refractivity (Wildman–Crippen MR) is 178 cm³/mol. The van der Waals surface area contributed by atoms with E-state index in [-0.39, 0.29) is 5.41 Å². The van der Waals surface area contributed by atoms with Gasteiger partial charge >= 0.3 is 0 Å². The Kier molecular flexibility index (Phi) is 6.60. The van der Waals surface area contributed by atoms with E-state index in [0.29, 0.717) is 0 Å². The van der Waals surface area contributed by atoms with Crippen LogP contribution in [0.1, 0.15) is 31.4 Å². The maximum Gasteiger partial charge on any atom is 0.0463 e. The number of anilines is 5. The second-order valence-electron chi connectivity index (χ2n) is 11.5. The Bertz CT molecular complexity index is 1760. The first-order chi connectivity index (χ1) is 20.6. The number of para-hydroxylation sites is 3. The third-order valence-corrected chi connectivity index (χ3v) is 8.57. The Balaban J connectivity index is 1.33. The Morgan fingerprint density at radius 2 is 0.929 bits per heavy atom. The van der Waals surface area contributed by atoms with Crippen molar-refractivity contribution in [1.82, 2.24) is 0 Å². The third kappa shape index (κ3) is 4.65. The first-order valence-electron chi connectivity index (χ1n) is 14.7. The van der Waals surface area contributed by atoms with Crippen molar-refractivity contribution in [3.05, 3.63) is 180 Å². The molecule has 2 heteroatoms. The van der Waals surface area contributed by atoms with Gasteiger partial charge in [-0.15, -0.1) is 0 Å². The van der Waals surface area contributed by atoms with Gasteiger partial charge in [0.15, 0.2) is 0 Å². The molecular weight excluding hydrogens is 508 g/mol. The summed E-state index contributed by atoms with van der Waals surface area (Å²) in [6.07, 6.45) is 8.00. The zero-order valence-corrected chi connectivity index (χ0v) is 24.1. The van der Waals surface area contributed by atoms with Crippen LogP contribution in [0.4, 0.5) is 28.4 Å². The minimum Gasteiger partial charge on any atom is -0.311 e. The van der Waals surface area contributed by atoms with Crippen LogP contribution < -0.4 is 9.80 Å². The summed E-state index contributed by atoms with van der Waals surface area (Å²) in [4.78, 5) is 4.68. The highest BCUT2D eigenvalue weighted by atomic mass is 15.2. The second kappa shape index (κ2) is 10.7. The van der Waals surface area contributed by atoms with Crippen LogP contribution in [0.15, 0.2) is 169 Å². The molecule has 42 heavy (non-hydrogen) atoms. The monoisotopic (exact) mass is 542 g/mol. The minimum absolute atomic E-state index is 0.0462. The lowest BCUT2D eigenvalue weighted by molar-refractivity contribution is 0.598. The summed E-state index contributed by atoms with van der Waals surface area (Å²) >= 11 is 0. The molecule has 0 spiro atoms. The SMILES string of the molecule is CC1(C)C2=CC(N(c3ccccc3)c3ccc(N(c4ccccc4)c4ccccc4)cc3)=CC=C(C2)c2ccccc21. The van der Waals surface area contributed by atoms with Crippen LogP contribution in [0.25, 0.3) is 5.57 Å². The van der Waals surface area contributed by atoms with Crippen molar-refractivity contribution in [3.63, 3.8) is 0 Å². The molecule has 5 aromatic carbocycles. The van der Waals surface area contributed by atoms with Crippen molar-refractivity contribution < 1.29 is 0 Å². The number of hydrogen-bond acceptors (Lipinski definition) is 2. The van der Waals surface area contributed by atoms with Crippen LogP contribution in [0.3, 0.4) is 0 Å². The number of nitrogens with zero attached hydrogens (tertiary/aromatic N) is 2. The molecule has 0 aromatic heterocycles. The zero-order valence-electron chi connectivity index (χ0n) is 24.1. The molecule has 0 aliphatic heterocycles. The highest BCUT2D eigenvalue weighted by Crippen LogP contribution is 2.48. The molecule has 0 fully saturated rings. The smallest absolute Gasteiger partial charge is 0.0463 e. The van der Waals surface area contributed by atoms with Gasteiger partial charge in [-0.1, -0.05) is 104 Å². The summed E-state index contributed by atoms with van der Waals surface area (Å²) in [5.41, 5.74) is 12.4. The van der Waals surface area contributed by atoms with Gasteiger partial charge < -0.3 is 9.80 Å². The third-order valence-electron chi connectivity index (χ3n) is 8.57. The lowest BCUT2D eigenvalue weighted by atomic mass is 9.67. The van der Waals surface area contributed by atoms with Gasteiger partial charge in [-0.2, -0.15) is 0 Å². The van der Waals surface area contributed by atoms with Gasteiger partial charge in [0.2, 0.25) is 0 Å². The standard InChI is InChI=1S/C40H34N2/c1-40(2)31-28-30(38-20-12-13-21-39(38)40)22-23-37(29-31)42(34-18-10-5-11-19-34)36-26-24-35(25-27-36)41(32-14-6-3-7-15-32)33-16-8-4-9-17-33/h3-27,29H,28H2,1-2H3. The van der Waals surface area contributed by atoms with E-state index in [1.54, 1.807) is 0 Å². The molecule has 0 unspecified atom stereocenters. The normalized spacial score (nSPS) is 15.0. The molecule has 2 aliphatic rings. The van der Waals surface area contributed by atoms with Crippen LogP contribution >= 0.6 is 0 Å². The highest BCUT2D eigenvalue weighted by molar-refractivity contribution is 5.82. The fraction of sp³-hybridized carbons (Fsp3) is 0.100. The molecule has 2 bridgehead atoms. The van der Waals surface area contributed by atoms with Crippen LogP contribution in [-0.4, -0.2) is 0 Å². The van der Waals surface area contributed by atoms with Crippen LogP contribution in [0.2, 0.25) is 0 Å². The number of fused-ring (bicyclic) bond motifs is 4. The van der Waals surface area contributed by atoms with E-state index >= 15 is 0 Å². The molecule has 2 nitrogen and oxygen atoms in total. The van der Waals surface area contributed by atoms with Gasteiger partial charge in [-0.25, -0.2) is 0 Å². The fourth-order valence-corrected chi connectivity index (χ4v) is 6.31. The number of rotatable bonds is 6. The topological polar surface area (TPSA) is 6.48 Å². The van der Waals surface area contributed by atoms with E-state index in [9.17, 15) is 0 Å². The highest BCUT2D eigenvalue weighted by Gasteiger charge is 2.35. The summed E-state index contributed by atoms with van der Waals surface area (Å²) in [6, 6.07) is 49.6. The Morgan fingerprint density at radius 1 is 0.476 bits per heavy atom. The fourth-order valence-electron chi connectivity index (χ4n) is 6.31. The quantitative estimate of drug-likeness (QED) is 0.211. The average Bonchev–Trinajstić information content (AvgIpc) is 3.25. The molecule has 0 atom stereocenters.